The van der Waals surface area contributed by atoms with Gasteiger partial charge in [-0.1, -0.05) is 15.9 Å². The minimum absolute atomic E-state index is 0.0528. The van der Waals surface area contributed by atoms with Crippen molar-refractivity contribution in [1.29, 1.82) is 0 Å². The molecule has 1 aromatic carbocycles. The van der Waals surface area contributed by atoms with Gasteiger partial charge in [0.2, 0.25) is 0 Å². The van der Waals surface area contributed by atoms with Crippen LogP contribution < -0.4 is 5.90 Å². The lowest BCUT2D eigenvalue weighted by Gasteiger charge is -2.23. The molecule has 4 nitrogen and oxygen atoms in total. The molecule has 1 atom stereocenters. The summed E-state index contributed by atoms with van der Waals surface area (Å²) in [5.74, 6) is 5.14. The van der Waals surface area contributed by atoms with E-state index in [1.807, 2.05) is 29.2 Å². The number of halogens is 1. The molecule has 17 heavy (non-hydrogen) atoms. The third-order valence-electron chi connectivity index (χ3n) is 3.02. The number of likely N-dealkylation sites (tertiary alicyclic amines) is 1. The van der Waals surface area contributed by atoms with Gasteiger partial charge in [0, 0.05) is 16.6 Å². The second-order valence-electron chi connectivity index (χ2n) is 4.13. The van der Waals surface area contributed by atoms with Gasteiger partial charge >= 0.3 is 0 Å². The van der Waals surface area contributed by atoms with Crippen molar-refractivity contribution in [2.45, 2.75) is 18.9 Å². The number of rotatable bonds is 3. The molecule has 0 aromatic heterocycles. The maximum Gasteiger partial charge on any atom is 0.254 e. The van der Waals surface area contributed by atoms with Crippen LogP contribution in [-0.4, -0.2) is 30.0 Å². The maximum absolute atomic E-state index is 12.3. The highest BCUT2D eigenvalue weighted by Crippen LogP contribution is 2.21. The molecule has 0 aliphatic carbocycles. The van der Waals surface area contributed by atoms with Crippen molar-refractivity contribution in [1.82, 2.24) is 4.90 Å². The molecular weight excluding hydrogens is 284 g/mol. The largest absolute Gasteiger partial charge is 0.333 e. The summed E-state index contributed by atoms with van der Waals surface area (Å²) in [6.07, 6.45) is 1.97. The molecule has 0 bridgehead atoms. The number of hydrogen-bond donors (Lipinski definition) is 1. The zero-order valence-corrected chi connectivity index (χ0v) is 11.0. The first kappa shape index (κ1) is 12.5. The number of hydrogen-bond acceptors (Lipinski definition) is 3. The molecule has 1 aliphatic heterocycles. The molecule has 1 aliphatic rings. The molecule has 1 amide bonds. The fourth-order valence-corrected chi connectivity index (χ4v) is 2.41. The Balaban J connectivity index is 2.11. The van der Waals surface area contributed by atoms with Gasteiger partial charge in [-0.2, -0.15) is 0 Å². The molecule has 0 spiro atoms. The van der Waals surface area contributed by atoms with Gasteiger partial charge in [-0.05, 0) is 37.1 Å². The number of nitrogens with zero attached hydrogens (tertiary/aromatic N) is 1. The summed E-state index contributed by atoms with van der Waals surface area (Å²) in [6.45, 7) is 1.19. The van der Waals surface area contributed by atoms with Crippen LogP contribution >= 0.6 is 15.9 Å². The fourth-order valence-electron chi connectivity index (χ4n) is 2.15. The highest BCUT2D eigenvalue weighted by Gasteiger charge is 2.29. The summed E-state index contributed by atoms with van der Waals surface area (Å²) in [7, 11) is 0. The fraction of sp³-hybridized carbons (Fsp3) is 0.417. The van der Waals surface area contributed by atoms with Crippen LogP contribution in [-0.2, 0) is 4.84 Å². The Kier molecular flexibility index (Phi) is 4.15. The molecular formula is C12H15BrN2O2. The summed E-state index contributed by atoms with van der Waals surface area (Å²) in [4.78, 5) is 18.8. The van der Waals surface area contributed by atoms with Crippen molar-refractivity contribution in [3.05, 3.63) is 34.3 Å². The number of nitrogens with two attached hydrogens (primary N) is 1. The number of amides is 1. The Labute approximate surface area is 109 Å². The summed E-state index contributed by atoms with van der Waals surface area (Å²) < 4.78 is 0.970. The Hall–Kier alpha value is -0.910. The van der Waals surface area contributed by atoms with E-state index in [0.29, 0.717) is 12.2 Å². The lowest BCUT2D eigenvalue weighted by molar-refractivity contribution is 0.0540. The third-order valence-corrected chi connectivity index (χ3v) is 3.55. The van der Waals surface area contributed by atoms with E-state index >= 15 is 0 Å². The van der Waals surface area contributed by atoms with E-state index in [4.69, 9.17) is 5.90 Å². The van der Waals surface area contributed by atoms with E-state index in [9.17, 15) is 4.79 Å². The van der Waals surface area contributed by atoms with Crippen molar-refractivity contribution in [2.24, 2.45) is 5.90 Å². The second-order valence-corrected chi connectivity index (χ2v) is 5.05. The van der Waals surface area contributed by atoms with E-state index in [2.05, 4.69) is 20.8 Å². The zero-order valence-electron chi connectivity index (χ0n) is 9.43. The van der Waals surface area contributed by atoms with E-state index in [1.165, 1.54) is 0 Å². The highest BCUT2D eigenvalue weighted by molar-refractivity contribution is 9.10. The van der Waals surface area contributed by atoms with Gasteiger partial charge in [-0.25, -0.2) is 5.90 Å². The highest BCUT2D eigenvalue weighted by atomic mass is 79.9. The summed E-state index contributed by atoms with van der Waals surface area (Å²) in [5.41, 5.74) is 0.706. The van der Waals surface area contributed by atoms with E-state index in [0.717, 1.165) is 23.9 Å². The van der Waals surface area contributed by atoms with Crippen LogP contribution in [0.25, 0.3) is 0 Å². The van der Waals surface area contributed by atoms with Gasteiger partial charge in [-0.3, -0.25) is 4.79 Å². The average molecular weight is 299 g/mol. The predicted octanol–water partition coefficient (Wildman–Crippen LogP) is 1.94. The molecule has 1 aromatic rings. The Morgan fingerprint density at radius 2 is 2.18 bits per heavy atom. The summed E-state index contributed by atoms with van der Waals surface area (Å²) >= 11 is 3.35. The topological polar surface area (TPSA) is 55.6 Å². The molecule has 92 valence electrons. The van der Waals surface area contributed by atoms with Gasteiger partial charge in [0.15, 0.2) is 0 Å². The lowest BCUT2D eigenvalue weighted by atomic mass is 10.2. The average Bonchev–Trinajstić information content (AvgIpc) is 2.78. The van der Waals surface area contributed by atoms with Gasteiger partial charge < -0.3 is 9.74 Å². The normalized spacial score (nSPS) is 19.6. The van der Waals surface area contributed by atoms with Crippen LogP contribution in [0.1, 0.15) is 23.2 Å². The van der Waals surface area contributed by atoms with Gasteiger partial charge in [0.25, 0.3) is 5.91 Å². The summed E-state index contributed by atoms with van der Waals surface area (Å²) in [5, 5.41) is 0. The molecule has 0 radical (unpaired) electrons. The molecule has 1 unspecified atom stereocenters. The minimum atomic E-state index is 0.0528. The van der Waals surface area contributed by atoms with Crippen molar-refractivity contribution in [2.75, 3.05) is 13.2 Å². The van der Waals surface area contributed by atoms with Crippen molar-refractivity contribution in [3.8, 4) is 0 Å². The molecule has 1 fully saturated rings. The smallest absolute Gasteiger partial charge is 0.254 e. The first-order valence-corrected chi connectivity index (χ1v) is 6.40. The first-order valence-electron chi connectivity index (χ1n) is 5.60. The molecule has 5 heteroatoms. The molecule has 2 N–H and O–H groups in total. The quantitative estimate of drug-likeness (QED) is 0.868. The lowest BCUT2D eigenvalue weighted by Crippen LogP contribution is -2.38. The van der Waals surface area contributed by atoms with E-state index in [1.54, 1.807) is 0 Å². The van der Waals surface area contributed by atoms with Gasteiger partial charge in [-0.15, -0.1) is 0 Å². The van der Waals surface area contributed by atoms with Gasteiger partial charge in [0.05, 0.1) is 12.6 Å². The van der Waals surface area contributed by atoms with Crippen LogP contribution in [0.4, 0.5) is 0 Å². The second kappa shape index (κ2) is 5.62. The molecule has 2 rings (SSSR count). The monoisotopic (exact) mass is 298 g/mol. The van der Waals surface area contributed by atoms with Crippen LogP contribution in [0.3, 0.4) is 0 Å². The van der Waals surface area contributed by atoms with Gasteiger partial charge in [0.1, 0.15) is 0 Å². The zero-order chi connectivity index (χ0) is 12.3. The van der Waals surface area contributed by atoms with Crippen LogP contribution in [0.5, 0.6) is 0 Å². The van der Waals surface area contributed by atoms with E-state index in [-0.39, 0.29) is 11.9 Å². The van der Waals surface area contributed by atoms with Crippen molar-refractivity contribution in [3.63, 3.8) is 0 Å². The maximum atomic E-state index is 12.3. The Bertz CT molecular complexity index is 394. The van der Waals surface area contributed by atoms with Crippen LogP contribution in [0, 0.1) is 0 Å². The molecule has 1 saturated heterocycles. The minimum Gasteiger partial charge on any atom is -0.333 e. The Morgan fingerprint density at radius 1 is 1.47 bits per heavy atom. The van der Waals surface area contributed by atoms with Crippen LogP contribution in [0.15, 0.2) is 28.7 Å². The number of carbonyl (C=O) groups is 1. The standard InChI is InChI=1S/C12H15BrN2O2/c13-10-5-3-9(4-6-10)12(16)15-7-1-2-11(15)8-17-14/h3-6,11H,1-2,7-8,14H2. The van der Waals surface area contributed by atoms with Crippen LogP contribution in [0.2, 0.25) is 0 Å². The summed E-state index contributed by atoms with van der Waals surface area (Å²) in [6, 6.07) is 7.50. The molecule has 1 heterocycles. The number of carbonyl (C=O) groups excluding carboxylic acids is 1. The van der Waals surface area contributed by atoms with E-state index < -0.39 is 0 Å². The first-order chi connectivity index (χ1) is 8.22. The molecule has 0 saturated carbocycles. The predicted molar refractivity (Wildman–Crippen MR) is 68.3 cm³/mol. The SMILES string of the molecule is NOCC1CCCN1C(=O)c1ccc(Br)cc1. The number of benzene rings is 1. The van der Waals surface area contributed by atoms with Crippen molar-refractivity contribution >= 4 is 21.8 Å². The third kappa shape index (κ3) is 2.86. The Morgan fingerprint density at radius 3 is 2.82 bits per heavy atom. The van der Waals surface area contributed by atoms with Crippen molar-refractivity contribution < 1.29 is 9.63 Å².